The molecular weight excluding hydrogens is 441 g/mol. The summed E-state index contributed by atoms with van der Waals surface area (Å²) < 4.78 is 7.55. The molecule has 1 aromatic heterocycles. The van der Waals surface area contributed by atoms with Crippen LogP contribution in [0.4, 0.5) is 0 Å². The Balaban J connectivity index is 0.00000338. The van der Waals surface area contributed by atoms with E-state index in [1.165, 1.54) is 11.1 Å². The second-order valence-electron chi connectivity index (χ2n) is 5.97. The molecule has 0 aliphatic heterocycles. The standard InChI is InChI=1S/C19H29N5O.HI/c1-4-20-19(21-11-5-6-17-14-23-24(3)15-17)22-12-13-25-18-9-7-16(2)8-10-18;/h7-10,14-15H,4-6,11-13H2,1-3H3,(H2,20,21,22);1H. The maximum atomic E-state index is 5.72. The number of aryl methyl sites for hydroxylation is 3. The van der Waals surface area contributed by atoms with Gasteiger partial charge in [-0.2, -0.15) is 5.10 Å². The SMILES string of the molecule is CCNC(=NCCCc1cnn(C)c1)NCCOc1ccc(C)cc1.I. The van der Waals surface area contributed by atoms with Crippen molar-refractivity contribution in [3.05, 3.63) is 47.8 Å². The van der Waals surface area contributed by atoms with Gasteiger partial charge < -0.3 is 15.4 Å². The van der Waals surface area contributed by atoms with Crippen LogP contribution in [0.3, 0.4) is 0 Å². The van der Waals surface area contributed by atoms with Crippen molar-refractivity contribution in [2.45, 2.75) is 26.7 Å². The van der Waals surface area contributed by atoms with Crippen LogP contribution in [0.2, 0.25) is 0 Å². The Kier molecular flexibility index (Phi) is 10.8. The largest absolute Gasteiger partial charge is 0.492 e. The predicted molar refractivity (Wildman–Crippen MR) is 118 cm³/mol. The van der Waals surface area contributed by atoms with Crippen LogP contribution in [0.1, 0.15) is 24.5 Å². The minimum absolute atomic E-state index is 0. The molecule has 144 valence electrons. The fourth-order valence-corrected chi connectivity index (χ4v) is 2.39. The Morgan fingerprint density at radius 3 is 2.65 bits per heavy atom. The Morgan fingerprint density at radius 1 is 1.23 bits per heavy atom. The molecule has 2 rings (SSSR count). The monoisotopic (exact) mass is 471 g/mol. The number of aliphatic imine (C=N–C) groups is 1. The van der Waals surface area contributed by atoms with Crippen LogP contribution in [0.15, 0.2) is 41.7 Å². The van der Waals surface area contributed by atoms with Crippen LogP contribution in [-0.4, -0.2) is 42.0 Å². The zero-order chi connectivity index (χ0) is 17.9. The van der Waals surface area contributed by atoms with E-state index in [1.807, 2.05) is 30.1 Å². The van der Waals surface area contributed by atoms with Gasteiger partial charge in [0.15, 0.2) is 5.96 Å². The molecule has 0 saturated heterocycles. The Labute approximate surface area is 173 Å². The molecule has 0 aliphatic carbocycles. The number of nitrogens with zero attached hydrogens (tertiary/aromatic N) is 3. The van der Waals surface area contributed by atoms with Crippen LogP contribution in [-0.2, 0) is 13.5 Å². The van der Waals surface area contributed by atoms with Gasteiger partial charge in [-0.3, -0.25) is 9.67 Å². The summed E-state index contributed by atoms with van der Waals surface area (Å²) in [7, 11) is 1.94. The minimum Gasteiger partial charge on any atom is -0.492 e. The van der Waals surface area contributed by atoms with Gasteiger partial charge >= 0.3 is 0 Å². The smallest absolute Gasteiger partial charge is 0.191 e. The first kappa shape index (κ1) is 22.3. The highest BCUT2D eigenvalue weighted by Gasteiger charge is 1.99. The lowest BCUT2D eigenvalue weighted by molar-refractivity contribution is 0.322. The van der Waals surface area contributed by atoms with Crippen molar-refractivity contribution in [2.24, 2.45) is 12.0 Å². The molecule has 0 saturated carbocycles. The molecule has 7 heteroatoms. The first-order chi connectivity index (χ1) is 12.2. The highest BCUT2D eigenvalue weighted by atomic mass is 127. The van der Waals surface area contributed by atoms with Crippen molar-refractivity contribution < 1.29 is 4.74 Å². The van der Waals surface area contributed by atoms with Crippen LogP contribution >= 0.6 is 24.0 Å². The van der Waals surface area contributed by atoms with E-state index in [2.05, 4.69) is 52.9 Å². The molecule has 0 spiro atoms. The van der Waals surface area contributed by atoms with Crippen LogP contribution in [0.25, 0.3) is 0 Å². The molecular formula is C19H30IN5O. The van der Waals surface area contributed by atoms with Gasteiger partial charge in [-0.25, -0.2) is 0 Å². The van der Waals surface area contributed by atoms with Crippen LogP contribution in [0, 0.1) is 6.92 Å². The van der Waals surface area contributed by atoms with E-state index in [9.17, 15) is 0 Å². The summed E-state index contributed by atoms with van der Waals surface area (Å²) >= 11 is 0. The average molecular weight is 471 g/mol. The van der Waals surface area contributed by atoms with E-state index in [1.54, 1.807) is 0 Å². The lowest BCUT2D eigenvalue weighted by atomic mass is 10.2. The quantitative estimate of drug-likeness (QED) is 0.256. The van der Waals surface area contributed by atoms with Gasteiger partial charge in [0.25, 0.3) is 0 Å². The van der Waals surface area contributed by atoms with Gasteiger partial charge in [-0.1, -0.05) is 17.7 Å². The molecule has 0 atom stereocenters. The molecule has 0 bridgehead atoms. The van der Waals surface area contributed by atoms with Gasteiger partial charge in [0.2, 0.25) is 0 Å². The number of aromatic nitrogens is 2. The summed E-state index contributed by atoms with van der Waals surface area (Å²) in [5, 5.41) is 10.7. The topological polar surface area (TPSA) is 63.5 Å². The van der Waals surface area contributed by atoms with Gasteiger partial charge in [-0.15, -0.1) is 24.0 Å². The molecule has 26 heavy (non-hydrogen) atoms. The zero-order valence-electron chi connectivity index (χ0n) is 15.9. The fraction of sp³-hybridized carbons (Fsp3) is 0.474. The third-order valence-corrected chi connectivity index (χ3v) is 3.68. The normalized spacial score (nSPS) is 11.0. The predicted octanol–water partition coefficient (Wildman–Crippen LogP) is 2.91. The third kappa shape index (κ3) is 8.55. The first-order valence-electron chi connectivity index (χ1n) is 8.86. The van der Waals surface area contributed by atoms with E-state index < -0.39 is 0 Å². The van der Waals surface area contributed by atoms with Crippen molar-refractivity contribution in [1.82, 2.24) is 20.4 Å². The molecule has 0 amide bonds. The van der Waals surface area contributed by atoms with E-state index >= 15 is 0 Å². The number of halogens is 1. The Morgan fingerprint density at radius 2 is 2.00 bits per heavy atom. The third-order valence-electron chi connectivity index (χ3n) is 3.68. The maximum Gasteiger partial charge on any atom is 0.191 e. The van der Waals surface area contributed by atoms with Gasteiger partial charge in [-0.05, 0) is 44.4 Å². The number of nitrogens with one attached hydrogen (secondary N) is 2. The van der Waals surface area contributed by atoms with E-state index in [0.717, 1.165) is 37.6 Å². The first-order valence-corrected chi connectivity index (χ1v) is 8.86. The summed E-state index contributed by atoms with van der Waals surface area (Å²) in [5.41, 5.74) is 2.49. The molecule has 6 nitrogen and oxygen atoms in total. The molecule has 2 aromatic rings. The summed E-state index contributed by atoms with van der Waals surface area (Å²) in [6.45, 7) is 7.07. The number of ether oxygens (including phenoxy) is 1. The van der Waals surface area contributed by atoms with E-state index in [0.29, 0.717) is 13.2 Å². The van der Waals surface area contributed by atoms with Crippen molar-refractivity contribution >= 4 is 29.9 Å². The number of guanidine groups is 1. The van der Waals surface area contributed by atoms with Gasteiger partial charge in [0, 0.05) is 26.3 Å². The van der Waals surface area contributed by atoms with Crippen molar-refractivity contribution in [1.29, 1.82) is 0 Å². The zero-order valence-corrected chi connectivity index (χ0v) is 18.2. The maximum absolute atomic E-state index is 5.72. The van der Waals surface area contributed by atoms with Crippen LogP contribution in [0.5, 0.6) is 5.75 Å². The summed E-state index contributed by atoms with van der Waals surface area (Å²) in [6, 6.07) is 8.09. The molecule has 1 aromatic carbocycles. The second-order valence-corrected chi connectivity index (χ2v) is 5.97. The number of hydrogen-bond donors (Lipinski definition) is 2. The average Bonchev–Trinajstić information content (AvgIpc) is 3.02. The fourth-order valence-electron chi connectivity index (χ4n) is 2.39. The summed E-state index contributed by atoms with van der Waals surface area (Å²) in [6.07, 6.45) is 5.96. The molecule has 0 fully saturated rings. The van der Waals surface area contributed by atoms with E-state index in [4.69, 9.17) is 4.74 Å². The summed E-state index contributed by atoms with van der Waals surface area (Å²) in [5.74, 6) is 1.73. The molecule has 2 N–H and O–H groups in total. The lowest BCUT2D eigenvalue weighted by Crippen LogP contribution is -2.39. The lowest BCUT2D eigenvalue weighted by Gasteiger charge is -2.12. The highest BCUT2D eigenvalue weighted by Crippen LogP contribution is 2.10. The number of hydrogen-bond acceptors (Lipinski definition) is 3. The van der Waals surface area contributed by atoms with Crippen molar-refractivity contribution in [3.8, 4) is 5.75 Å². The second kappa shape index (κ2) is 12.6. The Bertz CT molecular complexity index is 654. The highest BCUT2D eigenvalue weighted by molar-refractivity contribution is 14.0. The van der Waals surface area contributed by atoms with Gasteiger partial charge in [0.1, 0.15) is 12.4 Å². The number of benzene rings is 1. The van der Waals surface area contributed by atoms with Gasteiger partial charge in [0.05, 0.1) is 12.7 Å². The van der Waals surface area contributed by atoms with Crippen molar-refractivity contribution in [2.75, 3.05) is 26.2 Å². The van der Waals surface area contributed by atoms with Crippen molar-refractivity contribution in [3.63, 3.8) is 0 Å². The number of rotatable bonds is 9. The molecule has 0 unspecified atom stereocenters. The molecule has 1 heterocycles. The molecule has 0 radical (unpaired) electrons. The summed E-state index contributed by atoms with van der Waals surface area (Å²) in [4.78, 5) is 4.60. The Hall–Kier alpha value is -1.77. The minimum atomic E-state index is 0. The van der Waals surface area contributed by atoms with Crippen LogP contribution < -0.4 is 15.4 Å². The van der Waals surface area contributed by atoms with E-state index in [-0.39, 0.29) is 24.0 Å². The molecule has 0 aliphatic rings.